The molecule has 19 heavy (non-hydrogen) atoms. The number of carboxylic acid groups (broad SMARTS) is 1. The lowest BCUT2D eigenvalue weighted by Gasteiger charge is -2.42. The van der Waals surface area contributed by atoms with Gasteiger partial charge in [-0.3, -0.25) is 9.69 Å². The average molecular weight is 269 g/mol. The Bertz CT molecular complexity index is 290. The van der Waals surface area contributed by atoms with Gasteiger partial charge >= 0.3 is 5.97 Å². The number of carbonyl (C=O) groups is 1. The van der Waals surface area contributed by atoms with Crippen LogP contribution in [-0.4, -0.2) is 35.1 Å². The third-order valence-electron chi connectivity index (χ3n) is 4.85. The lowest BCUT2D eigenvalue weighted by Crippen LogP contribution is -2.49. The van der Waals surface area contributed by atoms with Gasteiger partial charge in [-0.2, -0.15) is 0 Å². The molecule has 0 amide bonds. The minimum atomic E-state index is -0.608. The zero-order valence-corrected chi connectivity index (χ0v) is 13.2. The molecule has 1 saturated carbocycles. The number of carboxylic acids is 1. The molecule has 3 nitrogen and oxygen atoms in total. The number of hydrogen-bond donors (Lipinski definition) is 1. The molecule has 0 aromatic heterocycles. The van der Waals surface area contributed by atoms with E-state index in [0.29, 0.717) is 17.9 Å². The molecule has 0 bridgehead atoms. The van der Waals surface area contributed by atoms with E-state index in [9.17, 15) is 9.90 Å². The summed E-state index contributed by atoms with van der Waals surface area (Å²) in [6.07, 6.45) is 5.28. The van der Waals surface area contributed by atoms with Crippen molar-refractivity contribution in [1.29, 1.82) is 0 Å². The molecule has 0 aliphatic heterocycles. The van der Waals surface area contributed by atoms with E-state index < -0.39 is 5.97 Å². The van der Waals surface area contributed by atoms with Gasteiger partial charge in [-0.25, -0.2) is 0 Å². The van der Waals surface area contributed by atoms with Crippen LogP contribution in [0.5, 0.6) is 0 Å². The first-order chi connectivity index (χ1) is 8.86. The smallest absolute Gasteiger partial charge is 0.308 e. The second-order valence-corrected chi connectivity index (χ2v) is 6.74. The topological polar surface area (TPSA) is 40.5 Å². The van der Waals surface area contributed by atoms with Gasteiger partial charge in [-0.05, 0) is 51.5 Å². The zero-order valence-electron chi connectivity index (χ0n) is 13.2. The Kier molecular flexibility index (Phi) is 6.31. The van der Waals surface area contributed by atoms with E-state index in [2.05, 4.69) is 39.6 Å². The maximum Gasteiger partial charge on any atom is 0.308 e. The van der Waals surface area contributed by atoms with Crippen LogP contribution >= 0.6 is 0 Å². The molecule has 1 aliphatic carbocycles. The highest BCUT2D eigenvalue weighted by molar-refractivity contribution is 5.71. The second kappa shape index (κ2) is 7.28. The van der Waals surface area contributed by atoms with Gasteiger partial charge in [0.2, 0.25) is 0 Å². The Hall–Kier alpha value is -0.570. The predicted molar refractivity (Wildman–Crippen MR) is 79.2 cm³/mol. The summed E-state index contributed by atoms with van der Waals surface area (Å²) in [5.41, 5.74) is 0. The molecule has 1 rings (SSSR count). The highest BCUT2D eigenvalue weighted by Gasteiger charge is 2.37. The van der Waals surface area contributed by atoms with Crippen molar-refractivity contribution in [3.63, 3.8) is 0 Å². The molecule has 4 atom stereocenters. The van der Waals surface area contributed by atoms with E-state index in [1.165, 1.54) is 6.42 Å². The van der Waals surface area contributed by atoms with Crippen molar-refractivity contribution in [3.05, 3.63) is 0 Å². The highest BCUT2D eigenvalue weighted by Crippen LogP contribution is 2.35. The number of nitrogens with zero attached hydrogens (tertiary/aromatic N) is 1. The Morgan fingerprint density at radius 1 is 1.32 bits per heavy atom. The third-order valence-corrected chi connectivity index (χ3v) is 4.85. The fourth-order valence-electron chi connectivity index (χ4n) is 3.52. The van der Waals surface area contributed by atoms with Gasteiger partial charge in [0.25, 0.3) is 0 Å². The summed E-state index contributed by atoms with van der Waals surface area (Å²) in [6, 6.07) is 0.674. The van der Waals surface area contributed by atoms with Gasteiger partial charge in [0.15, 0.2) is 0 Å². The van der Waals surface area contributed by atoms with Crippen LogP contribution in [0.3, 0.4) is 0 Å². The molecule has 0 heterocycles. The van der Waals surface area contributed by atoms with Crippen molar-refractivity contribution in [3.8, 4) is 0 Å². The summed E-state index contributed by atoms with van der Waals surface area (Å²) < 4.78 is 0. The number of rotatable bonds is 6. The Labute approximate surface area is 118 Å². The quantitative estimate of drug-likeness (QED) is 0.800. The molecule has 0 saturated heterocycles. The van der Waals surface area contributed by atoms with Gasteiger partial charge in [0.1, 0.15) is 0 Å². The summed E-state index contributed by atoms with van der Waals surface area (Å²) in [4.78, 5) is 13.8. The van der Waals surface area contributed by atoms with Crippen molar-refractivity contribution >= 4 is 5.97 Å². The molecule has 0 spiro atoms. The van der Waals surface area contributed by atoms with Crippen LogP contribution in [0, 0.1) is 17.8 Å². The van der Waals surface area contributed by atoms with Crippen molar-refractivity contribution in [2.45, 2.75) is 71.9 Å². The summed E-state index contributed by atoms with van der Waals surface area (Å²) in [5.74, 6) is 0.575. The standard InChI is InChI=1S/C16H31NO2/c1-6-13-7-8-14(16(18)19)15(10-13)17(5)12(4)9-11(2)3/h11-15H,6-10H2,1-5H3,(H,18,19). The maximum absolute atomic E-state index is 11.5. The highest BCUT2D eigenvalue weighted by atomic mass is 16.4. The first kappa shape index (κ1) is 16.5. The minimum absolute atomic E-state index is 0.178. The summed E-state index contributed by atoms with van der Waals surface area (Å²) in [7, 11) is 2.12. The molecule has 112 valence electrons. The molecule has 4 unspecified atom stereocenters. The van der Waals surface area contributed by atoms with Crippen molar-refractivity contribution in [2.75, 3.05) is 7.05 Å². The lowest BCUT2D eigenvalue weighted by molar-refractivity contribution is -0.146. The van der Waals surface area contributed by atoms with Crippen LogP contribution in [0.4, 0.5) is 0 Å². The van der Waals surface area contributed by atoms with Gasteiger partial charge in [0.05, 0.1) is 5.92 Å². The van der Waals surface area contributed by atoms with Gasteiger partial charge in [-0.15, -0.1) is 0 Å². The molecule has 1 fully saturated rings. The predicted octanol–water partition coefficient (Wildman–Crippen LogP) is 3.63. The van der Waals surface area contributed by atoms with Crippen molar-refractivity contribution < 1.29 is 9.90 Å². The first-order valence-corrected chi connectivity index (χ1v) is 7.81. The van der Waals surface area contributed by atoms with E-state index in [4.69, 9.17) is 0 Å². The number of hydrogen-bond acceptors (Lipinski definition) is 2. The largest absolute Gasteiger partial charge is 0.481 e. The van der Waals surface area contributed by atoms with Crippen LogP contribution < -0.4 is 0 Å². The van der Waals surface area contributed by atoms with Crippen LogP contribution in [0.1, 0.15) is 59.8 Å². The van der Waals surface area contributed by atoms with Crippen LogP contribution in [0.25, 0.3) is 0 Å². The van der Waals surface area contributed by atoms with E-state index in [1.807, 2.05) is 0 Å². The van der Waals surface area contributed by atoms with Crippen molar-refractivity contribution in [1.82, 2.24) is 4.90 Å². The molecular weight excluding hydrogens is 238 g/mol. The van der Waals surface area contributed by atoms with Gasteiger partial charge in [-0.1, -0.05) is 27.2 Å². The van der Waals surface area contributed by atoms with E-state index in [1.54, 1.807) is 0 Å². The minimum Gasteiger partial charge on any atom is -0.481 e. The Morgan fingerprint density at radius 3 is 2.42 bits per heavy atom. The third kappa shape index (κ3) is 4.48. The molecule has 3 heteroatoms. The zero-order chi connectivity index (χ0) is 14.6. The molecule has 1 N–H and O–H groups in total. The van der Waals surface area contributed by atoms with Crippen LogP contribution in [0.2, 0.25) is 0 Å². The Morgan fingerprint density at radius 2 is 1.95 bits per heavy atom. The summed E-state index contributed by atoms with van der Waals surface area (Å²) in [6.45, 7) is 8.91. The molecule has 0 radical (unpaired) electrons. The van der Waals surface area contributed by atoms with Crippen LogP contribution in [0.15, 0.2) is 0 Å². The first-order valence-electron chi connectivity index (χ1n) is 7.81. The molecular formula is C16H31NO2. The summed E-state index contributed by atoms with van der Waals surface area (Å²) in [5, 5.41) is 9.45. The average Bonchev–Trinajstić information content (AvgIpc) is 2.36. The van der Waals surface area contributed by atoms with Crippen LogP contribution in [-0.2, 0) is 4.79 Å². The van der Waals surface area contributed by atoms with E-state index in [0.717, 1.165) is 25.7 Å². The van der Waals surface area contributed by atoms with Crippen molar-refractivity contribution in [2.24, 2.45) is 17.8 Å². The fourth-order valence-corrected chi connectivity index (χ4v) is 3.52. The van der Waals surface area contributed by atoms with E-state index in [-0.39, 0.29) is 12.0 Å². The maximum atomic E-state index is 11.5. The van der Waals surface area contributed by atoms with Gasteiger partial charge in [0, 0.05) is 12.1 Å². The second-order valence-electron chi connectivity index (χ2n) is 6.74. The fraction of sp³-hybridized carbons (Fsp3) is 0.938. The van der Waals surface area contributed by atoms with Gasteiger partial charge < -0.3 is 5.11 Å². The SMILES string of the molecule is CCC1CCC(C(=O)O)C(N(C)C(C)CC(C)C)C1. The lowest BCUT2D eigenvalue weighted by atomic mass is 9.76. The molecule has 0 aromatic rings. The normalized spacial score (nSPS) is 29.7. The molecule has 1 aliphatic rings. The number of aliphatic carboxylic acids is 1. The monoisotopic (exact) mass is 269 g/mol. The molecule has 0 aromatic carbocycles. The summed E-state index contributed by atoms with van der Waals surface area (Å²) >= 11 is 0. The Balaban J connectivity index is 2.74. The van der Waals surface area contributed by atoms with E-state index >= 15 is 0 Å².